The smallest absolute Gasteiger partial charge is 0.225 e. The summed E-state index contributed by atoms with van der Waals surface area (Å²) in [6.45, 7) is 3.96. The van der Waals surface area contributed by atoms with Crippen molar-refractivity contribution in [3.8, 4) is 0 Å². The second-order valence-electron chi connectivity index (χ2n) is 4.58. The molecule has 0 aromatic carbocycles. The maximum atomic E-state index is 5.75. The number of anilines is 1. The highest BCUT2D eigenvalue weighted by Crippen LogP contribution is 2.40. The van der Waals surface area contributed by atoms with Crippen LogP contribution in [0.4, 0.5) is 5.95 Å². The van der Waals surface area contributed by atoms with Gasteiger partial charge in [-0.2, -0.15) is 0 Å². The van der Waals surface area contributed by atoms with E-state index >= 15 is 0 Å². The van der Waals surface area contributed by atoms with Crippen LogP contribution >= 0.6 is 0 Å². The molecule has 2 bridgehead atoms. The lowest BCUT2D eigenvalue weighted by atomic mass is 10.1. The van der Waals surface area contributed by atoms with Crippen molar-refractivity contribution in [1.29, 1.82) is 0 Å². The molecule has 2 heterocycles. The summed E-state index contributed by atoms with van der Waals surface area (Å²) >= 11 is 0. The third-order valence-electron chi connectivity index (χ3n) is 3.67. The molecular formula is C12H17N3O. The Morgan fingerprint density at radius 3 is 2.81 bits per heavy atom. The normalized spacial score (nSPS) is 32.3. The van der Waals surface area contributed by atoms with Crippen LogP contribution in [0.3, 0.4) is 0 Å². The van der Waals surface area contributed by atoms with Crippen LogP contribution in [-0.2, 0) is 4.74 Å². The molecule has 0 radical (unpaired) electrons. The molecule has 2 unspecified atom stereocenters. The highest BCUT2D eigenvalue weighted by atomic mass is 16.5. The third kappa shape index (κ3) is 1.57. The Labute approximate surface area is 95.7 Å². The average molecular weight is 219 g/mol. The Morgan fingerprint density at radius 2 is 2.19 bits per heavy atom. The number of aromatic nitrogens is 2. The van der Waals surface area contributed by atoms with Gasteiger partial charge in [-0.25, -0.2) is 9.97 Å². The monoisotopic (exact) mass is 219 g/mol. The second kappa shape index (κ2) is 4.01. The van der Waals surface area contributed by atoms with E-state index in [0.717, 1.165) is 25.5 Å². The molecule has 4 heteroatoms. The Bertz CT molecular complexity index is 357. The van der Waals surface area contributed by atoms with Crippen LogP contribution in [0.5, 0.6) is 0 Å². The Morgan fingerprint density at radius 1 is 1.38 bits per heavy atom. The van der Waals surface area contributed by atoms with Gasteiger partial charge in [0.1, 0.15) is 0 Å². The molecule has 0 spiro atoms. The van der Waals surface area contributed by atoms with Gasteiger partial charge in [-0.05, 0) is 25.8 Å². The molecule has 3 atom stereocenters. The molecule has 86 valence electrons. The van der Waals surface area contributed by atoms with Gasteiger partial charge in [-0.1, -0.05) is 0 Å². The minimum atomic E-state index is 0.468. The molecule has 3 rings (SSSR count). The van der Waals surface area contributed by atoms with Gasteiger partial charge in [0.05, 0.1) is 6.10 Å². The zero-order valence-corrected chi connectivity index (χ0v) is 9.54. The van der Waals surface area contributed by atoms with E-state index in [2.05, 4.69) is 21.8 Å². The van der Waals surface area contributed by atoms with E-state index in [0.29, 0.717) is 18.1 Å². The first-order chi connectivity index (χ1) is 7.88. The van der Waals surface area contributed by atoms with Gasteiger partial charge >= 0.3 is 0 Å². The Hall–Kier alpha value is -1.16. The highest BCUT2D eigenvalue weighted by Gasteiger charge is 2.45. The molecule has 1 aliphatic carbocycles. The number of hydrogen-bond acceptors (Lipinski definition) is 4. The van der Waals surface area contributed by atoms with Crippen molar-refractivity contribution in [2.45, 2.75) is 31.9 Å². The predicted molar refractivity (Wildman–Crippen MR) is 61.3 cm³/mol. The Balaban J connectivity index is 1.71. The van der Waals surface area contributed by atoms with Gasteiger partial charge in [0.25, 0.3) is 0 Å². The zero-order valence-electron chi connectivity index (χ0n) is 9.54. The first kappa shape index (κ1) is 10.0. The van der Waals surface area contributed by atoms with E-state index in [4.69, 9.17) is 4.74 Å². The number of ether oxygens (including phenoxy) is 1. The minimum absolute atomic E-state index is 0.468. The molecular weight excluding hydrogens is 202 g/mol. The van der Waals surface area contributed by atoms with Crippen LogP contribution in [0.15, 0.2) is 18.5 Å². The summed E-state index contributed by atoms with van der Waals surface area (Å²) in [6.07, 6.45) is 6.47. The van der Waals surface area contributed by atoms with Crippen molar-refractivity contribution in [2.75, 3.05) is 18.1 Å². The van der Waals surface area contributed by atoms with Crippen molar-refractivity contribution >= 4 is 5.95 Å². The summed E-state index contributed by atoms with van der Waals surface area (Å²) in [5.41, 5.74) is 0. The first-order valence-corrected chi connectivity index (χ1v) is 6.03. The quantitative estimate of drug-likeness (QED) is 0.772. The fourth-order valence-electron chi connectivity index (χ4n) is 3.01. The molecule has 1 saturated heterocycles. The standard InChI is InChI=1S/C12H17N3O/c1-2-16-11-7-10-6-9(11)8-15(10)12-13-4-3-5-14-12/h3-5,9-11H,2,6-8H2,1H3/t9?,10?,11-/m0/s1. The largest absolute Gasteiger partial charge is 0.378 e. The van der Waals surface area contributed by atoms with Crippen molar-refractivity contribution in [3.63, 3.8) is 0 Å². The highest BCUT2D eigenvalue weighted by molar-refractivity contribution is 5.35. The van der Waals surface area contributed by atoms with E-state index in [1.54, 1.807) is 0 Å². The number of piperidine rings is 1. The molecule has 2 aliphatic rings. The topological polar surface area (TPSA) is 38.2 Å². The van der Waals surface area contributed by atoms with Crippen LogP contribution in [0.2, 0.25) is 0 Å². The lowest BCUT2D eigenvalue weighted by Crippen LogP contribution is -2.39. The van der Waals surface area contributed by atoms with Gasteiger partial charge in [0, 0.05) is 37.5 Å². The maximum Gasteiger partial charge on any atom is 0.225 e. The van der Waals surface area contributed by atoms with E-state index in [-0.39, 0.29) is 0 Å². The van der Waals surface area contributed by atoms with Crippen molar-refractivity contribution < 1.29 is 4.74 Å². The summed E-state index contributed by atoms with van der Waals surface area (Å²) in [6, 6.07) is 2.45. The summed E-state index contributed by atoms with van der Waals surface area (Å²) in [4.78, 5) is 11.0. The van der Waals surface area contributed by atoms with Crippen LogP contribution in [-0.4, -0.2) is 35.3 Å². The number of hydrogen-bond donors (Lipinski definition) is 0. The molecule has 1 saturated carbocycles. The van der Waals surface area contributed by atoms with Crippen LogP contribution in [0.25, 0.3) is 0 Å². The molecule has 1 aromatic heterocycles. The molecule has 0 N–H and O–H groups in total. The summed E-state index contributed by atoms with van der Waals surface area (Å²) in [5.74, 6) is 1.55. The Kier molecular flexibility index (Phi) is 2.52. The molecule has 0 amide bonds. The fourth-order valence-corrected chi connectivity index (χ4v) is 3.01. The molecule has 1 aliphatic heterocycles. The van der Waals surface area contributed by atoms with Gasteiger partial charge in [0.15, 0.2) is 0 Å². The van der Waals surface area contributed by atoms with Gasteiger partial charge < -0.3 is 9.64 Å². The average Bonchev–Trinajstić information content (AvgIpc) is 2.90. The first-order valence-electron chi connectivity index (χ1n) is 6.03. The second-order valence-corrected chi connectivity index (χ2v) is 4.58. The minimum Gasteiger partial charge on any atom is -0.378 e. The van der Waals surface area contributed by atoms with E-state index in [1.165, 1.54) is 6.42 Å². The fraction of sp³-hybridized carbons (Fsp3) is 0.667. The van der Waals surface area contributed by atoms with Crippen molar-refractivity contribution in [2.24, 2.45) is 5.92 Å². The van der Waals surface area contributed by atoms with E-state index < -0.39 is 0 Å². The van der Waals surface area contributed by atoms with Crippen LogP contribution in [0, 0.1) is 5.92 Å². The third-order valence-corrected chi connectivity index (χ3v) is 3.67. The number of nitrogens with zero attached hydrogens (tertiary/aromatic N) is 3. The van der Waals surface area contributed by atoms with Crippen LogP contribution in [0.1, 0.15) is 19.8 Å². The molecule has 1 aromatic rings. The SMILES string of the molecule is CCO[C@H]1CC2CC1CN2c1ncccn1. The maximum absolute atomic E-state index is 5.75. The number of fused-ring (bicyclic) bond motifs is 2. The summed E-state index contributed by atoms with van der Waals surface area (Å²) < 4.78 is 5.75. The number of rotatable bonds is 3. The van der Waals surface area contributed by atoms with E-state index in [1.807, 2.05) is 18.5 Å². The van der Waals surface area contributed by atoms with Crippen LogP contribution < -0.4 is 4.90 Å². The predicted octanol–water partition coefficient (Wildman–Crippen LogP) is 1.48. The summed E-state index contributed by atoms with van der Waals surface area (Å²) in [5, 5.41) is 0. The van der Waals surface area contributed by atoms with Gasteiger partial charge in [-0.15, -0.1) is 0 Å². The lowest BCUT2D eigenvalue weighted by Gasteiger charge is -2.31. The van der Waals surface area contributed by atoms with Gasteiger partial charge in [-0.3, -0.25) is 0 Å². The molecule has 4 nitrogen and oxygen atoms in total. The zero-order chi connectivity index (χ0) is 11.0. The molecule has 16 heavy (non-hydrogen) atoms. The summed E-state index contributed by atoms with van der Waals surface area (Å²) in [7, 11) is 0. The van der Waals surface area contributed by atoms with Gasteiger partial charge in [0.2, 0.25) is 5.95 Å². The van der Waals surface area contributed by atoms with E-state index in [9.17, 15) is 0 Å². The lowest BCUT2D eigenvalue weighted by molar-refractivity contribution is 0.0326. The molecule has 2 fully saturated rings. The van der Waals surface area contributed by atoms with Crippen molar-refractivity contribution in [1.82, 2.24) is 9.97 Å². The van der Waals surface area contributed by atoms with Crippen molar-refractivity contribution in [3.05, 3.63) is 18.5 Å².